The van der Waals surface area contributed by atoms with Gasteiger partial charge in [0, 0.05) is 0 Å². The van der Waals surface area contributed by atoms with E-state index in [-0.39, 0.29) is 19.5 Å². The van der Waals surface area contributed by atoms with Crippen LogP contribution in [-0.2, 0) is 45.2 Å². The SMILES string of the molecule is C=C(C)C/C1=C(\CC(=C)C)CC/C=C\CC1.[Ru+2].c1ccc(P(c2ccccc2)c2cc3ccc2CCc2ccc(c(P(c4ccccc4)c4ccccc4)c2)CC3)cc1. The molecule has 0 saturated carbocycles. The van der Waals surface area contributed by atoms with Crippen LogP contribution in [0, 0.1) is 0 Å². The normalized spacial score (nSPS) is 15.5. The van der Waals surface area contributed by atoms with Crippen LogP contribution in [0.2, 0.25) is 0 Å². The van der Waals surface area contributed by atoms with Crippen molar-refractivity contribution in [3.8, 4) is 0 Å². The summed E-state index contributed by atoms with van der Waals surface area (Å²) in [7, 11) is -1.26. The van der Waals surface area contributed by atoms with Crippen LogP contribution >= 0.6 is 15.8 Å². The first-order valence-electron chi connectivity index (χ1n) is 21.1. The molecule has 6 aromatic carbocycles. The Hall–Kier alpha value is -4.24. The summed E-state index contributed by atoms with van der Waals surface area (Å²) >= 11 is 0. The average Bonchev–Trinajstić information content (AvgIpc) is 3.23. The molecule has 0 heterocycles. The maximum Gasteiger partial charge on any atom is 2.00 e. The fourth-order valence-electron chi connectivity index (χ4n) is 8.35. The van der Waals surface area contributed by atoms with Crippen molar-refractivity contribution in [1.29, 1.82) is 0 Å². The number of rotatable bonds is 10. The van der Waals surface area contributed by atoms with E-state index in [2.05, 4.69) is 197 Å². The van der Waals surface area contributed by atoms with Gasteiger partial charge in [-0.1, -0.05) is 205 Å². The summed E-state index contributed by atoms with van der Waals surface area (Å²) in [5.41, 5.74) is 11.6. The Bertz CT molecular complexity index is 2100. The van der Waals surface area contributed by atoms with Crippen molar-refractivity contribution in [2.24, 2.45) is 0 Å². The number of hydrogen-bond acceptors (Lipinski definition) is 0. The Morgan fingerprint density at radius 2 is 0.746 bits per heavy atom. The molecule has 5 aliphatic rings. The van der Waals surface area contributed by atoms with Gasteiger partial charge in [0.15, 0.2) is 0 Å². The summed E-state index contributed by atoms with van der Waals surface area (Å²) in [6.07, 6.45) is 15.7. The predicted molar refractivity (Wildman–Crippen MR) is 259 cm³/mol. The van der Waals surface area contributed by atoms with Crippen molar-refractivity contribution < 1.29 is 19.5 Å². The summed E-state index contributed by atoms with van der Waals surface area (Å²) in [5, 5.41) is 8.73. The van der Waals surface area contributed by atoms with Gasteiger partial charge in [-0.3, -0.25) is 0 Å². The molecule has 298 valence electrons. The largest absolute Gasteiger partial charge is 2.00 e. The van der Waals surface area contributed by atoms with Gasteiger partial charge in [0.1, 0.15) is 0 Å². The smallest absolute Gasteiger partial charge is 0.0998 e. The van der Waals surface area contributed by atoms with Gasteiger partial charge >= 0.3 is 19.5 Å². The Kier molecular flexibility index (Phi) is 16.8. The summed E-state index contributed by atoms with van der Waals surface area (Å²) < 4.78 is 0. The second-order valence-electron chi connectivity index (χ2n) is 16.0. The minimum absolute atomic E-state index is 0. The van der Waals surface area contributed by atoms with Gasteiger partial charge in [0.25, 0.3) is 0 Å². The molecule has 59 heavy (non-hydrogen) atoms. The molecule has 0 saturated heterocycles. The quantitative estimate of drug-likeness (QED) is 0.0730. The topological polar surface area (TPSA) is 0 Å². The molecule has 0 radical (unpaired) electrons. The van der Waals surface area contributed by atoms with E-state index in [1.807, 2.05) is 0 Å². The zero-order valence-electron chi connectivity index (χ0n) is 34.9. The van der Waals surface area contributed by atoms with Crippen molar-refractivity contribution in [2.75, 3.05) is 0 Å². The predicted octanol–water partition coefficient (Wildman–Crippen LogP) is 12.4. The molecule has 0 amide bonds. The van der Waals surface area contributed by atoms with Gasteiger partial charge in [0.05, 0.1) is 0 Å². The zero-order chi connectivity index (χ0) is 40.1. The first kappa shape index (κ1) is 44.3. The number of benzene rings is 6. The van der Waals surface area contributed by atoms with E-state index in [9.17, 15) is 0 Å². The Morgan fingerprint density at radius 3 is 1.05 bits per heavy atom. The van der Waals surface area contributed by atoms with E-state index < -0.39 is 15.8 Å². The van der Waals surface area contributed by atoms with Crippen LogP contribution in [0.1, 0.15) is 74.6 Å². The Labute approximate surface area is 370 Å². The molecule has 3 heteroatoms. The molecule has 0 atom stereocenters. The van der Waals surface area contributed by atoms with E-state index in [1.165, 1.54) is 90.9 Å². The molecular formula is C56H58P2Ru+2. The van der Waals surface area contributed by atoms with Gasteiger partial charge in [-0.2, -0.15) is 0 Å². The third-order valence-corrected chi connectivity index (χ3v) is 16.2. The zero-order valence-corrected chi connectivity index (χ0v) is 38.4. The maximum atomic E-state index is 4.04. The molecule has 5 aliphatic carbocycles. The molecule has 0 nitrogen and oxygen atoms in total. The van der Waals surface area contributed by atoms with Crippen molar-refractivity contribution in [3.63, 3.8) is 0 Å². The van der Waals surface area contributed by atoms with Gasteiger partial charge in [0.2, 0.25) is 0 Å². The minimum atomic E-state index is -0.630. The van der Waals surface area contributed by atoms with E-state index >= 15 is 0 Å². The molecule has 0 spiro atoms. The van der Waals surface area contributed by atoms with Crippen LogP contribution in [0.15, 0.2) is 205 Å². The molecule has 4 bridgehead atoms. The Morgan fingerprint density at radius 1 is 0.424 bits per heavy atom. The summed E-state index contributed by atoms with van der Waals surface area (Å²) in [5.74, 6) is 0. The van der Waals surface area contributed by atoms with Gasteiger partial charge in [-0.15, -0.1) is 0 Å². The number of aryl methyl sites for hydroxylation is 4. The molecule has 6 aromatic rings. The fraction of sp³-hybridized carbons (Fsp3) is 0.214. The van der Waals surface area contributed by atoms with E-state index in [4.69, 9.17) is 0 Å². The molecule has 0 aromatic heterocycles. The molecule has 0 unspecified atom stereocenters. The summed E-state index contributed by atoms with van der Waals surface area (Å²) in [6, 6.07) is 59.3. The number of allylic oxidation sites excluding steroid dienone is 6. The van der Waals surface area contributed by atoms with Gasteiger partial charge in [-0.25, -0.2) is 0 Å². The van der Waals surface area contributed by atoms with Crippen LogP contribution in [0.3, 0.4) is 0 Å². The van der Waals surface area contributed by atoms with E-state index in [0.29, 0.717) is 0 Å². The summed E-state index contributed by atoms with van der Waals surface area (Å²) in [6.45, 7) is 12.3. The van der Waals surface area contributed by atoms with Crippen LogP contribution in [0.4, 0.5) is 0 Å². The first-order valence-corrected chi connectivity index (χ1v) is 23.8. The fourth-order valence-corrected chi connectivity index (χ4v) is 13.5. The van der Waals surface area contributed by atoms with Gasteiger partial charge < -0.3 is 0 Å². The molecule has 11 rings (SSSR count). The first-order chi connectivity index (χ1) is 28.4. The van der Waals surface area contributed by atoms with Crippen molar-refractivity contribution in [3.05, 3.63) is 228 Å². The Balaban J connectivity index is 0.000000292. The second-order valence-corrected chi connectivity index (χ2v) is 20.3. The molecular weight excluding hydrogens is 836 g/mol. The van der Waals surface area contributed by atoms with Crippen LogP contribution in [-0.4, -0.2) is 0 Å². The van der Waals surface area contributed by atoms with Crippen LogP contribution in [0.5, 0.6) is 0 Å². The van der Waals surface area contributed by atoms with Crippen molar-refractivity contribution >= 4 is 47.7 Å². The van der Waals surface area contributed by atoms with Crippen molar-refractivity contribution in [1.82, 2.24) is 0 Å². The number of hydrogen-bond donors (Lipinski definition) is 0. The summed E-state index contributed by atoms with van der Waals surface area (Å²) in [4.78, 5) is 0. The monoisotopic (exact) mass is 894 g/mol. The minimum Gasteiger partial charge on any atom is -0.0998 e. The van der Waals surface area contributed by atoms with Crippen molar-refractivity contribution in [2.45, 2.75) is 78.1 Å². The molecule has 0 fully saturated rings. The third-order valence-electron chi connectivity index (χ3n) is 11.1. The average molecular weight is 894 g/mol. The molecule has 0 N–H and O–H groups in total. The van der Waals surface area contributed by atoms with Gasteiger partial charge in [-0.05, 0) is 148 Å². The van der Waals surface area contributed by atoms with E-state index in [0.717, 1.165) is 38.5 Å². The maximum absolute atomic E-state index is 4.04. The molecule has 0 aliphatic heterocycles. The van der Waals surface area contributed by atoms with Crippen LogP contribution in [0.25, 0.3) is 0 Å². The second kappa shape index (κ2) is 22.4. The van der Waals surface area contributed by atoms with E-state index in [1.54, 1.807) is 11.1 Å². The third kappa shape index (κ3) is 12.2. The standard InChI is InChI=1S/C40H34P2.C16H24.Ru/c1-5-13-35(14-6-1)41(36-15-7-2-8-16-36)39-29-31-21-25-33(39)27-23-32-22-26-34(28-24-31)40(30-32)42(37-17-9-3-10-18-37)38-19-11-4-12-20-38;1-13(2)11-15-9-7-5-6-8-10-16(15)12-14(3)4;/h1-22,25-26,29-30H,23-24,27-28H2;5-6H,1,3,7-12H2,2,4H3;/q;;+2/b;6-5-,16-15-;. The van der Waals surface area contributed by atoms with Crippen LogP contribution < -0.4 is 31.8 Å².